The zero-order chi connectivity index (χ0) is 12.5. The van der Waals surface area contributed by atoms with Crippen molar-refractivity contribution in [3.63, 3.8) is 0 Å². The standard InChI is InChI=1S/C12H24N2O2S/c1-10-3-4-11(2)14(9-10)17(15,16)12-5-7-13-8-6-12/h10-13H,3-9H2,1-2H3. The third kappa shape index (κ3) is 2.83. The SMILES string of the molecule is CC1CCC(C)N(S(=O)(=O)C2CCNCC2)C1. The van der Waals surface area contributed by atoms with Crippen molar-refractivity contribution in [1.82, 2.24) is 9.62 Å². The highest BCUT2D eigenvalue weighted by Crippen LogP contribution is 2.28. The molecule has 5 heteroatoms. The molecule has 0 aromatic rings. The van der Waals surface area contributed by atoms with Crippen molar-refractivity contribution in [1.29, 1.82) is 0 Å². The van der Waals surface area contributed by atoms with E-state index in [2.05, 4.69) is 12.2 Å². The van der Waals surface area contributed by atoms with E-state index < -0.39 is 10.0 Å². The Kier molecular flexibility index (Phi) is 4.10. The molecule has 2 unspecified atom stereocenters. The molecule has 100 valence electrons. The third-order valence-corrected chi connectivity index (χ3v) is 6.57. The van der Waals surface area contributed by atoms with Crippen LogP contribution in [0.1, 0.15) is 39.5 Å². The molecule has 0 aromatic carbocycles. The molecule has 2 heterocycles. The van der Waals surface area contributed by atoms with E-state index in [1.165, 1.54) is 0 Å². The Labute approximate surface area is 105 Å². The molecular weight excluding hydrogens is 236 g/mol. The minimum atomic E-state index is -3.07. The smallest absolute Gasteiger partial charge is 0.217 e. The number of sulfonamides is 1. The van der Waals surface area contributed by atoms with Gasteiger partial charge < -0.3 is 5.32 Å². The molecule has 17 heavy (non-hydrogen) atoms. The van der Waals surface area contributed by atoms with Gasteiger partial charge in [0.15, 0.2) is 0 Å². The van der Waals surface area contributed by atoms with Crippen LogP contribution in [-0.2, 0) is 10.0 Å². The van der Waals surface area contributed by atoms with Crippen LogP contribution in [0.5, 0.6) is 0 Å². The van der Waals surface area contributed by atoms with Gasteiger partial charge in [-0.15, -0.1) is 0 Å². The zero-order valence-electron chi connectivity index (χ0n) is 10.9. The lowest BCUT2D eigenvalue weighted by Crippen LogP contribution is -2.50. The predicted molar refractivity (Wildman–Crippen MR) is 69.4 cm³/mol. The Morgan fingerprint density at radius 3 is 2.35 bits per heavy atom. The van der Waals surface area contributed by atoms with Gasteiger partial charge in [0.25, 0.3) is 0 Å². The van der Waals surface area contributed by atoms with E-state index in [1.54, 1.807) is 4.31 Å². The minimum absolute atomic E-state index is 0.156. The highest BCUT2D eigenvalue weighted by Gasteiger charge is 2.37. The zero-order valence-corrected chi connectivity index (χ0v) is 11.7. The van der Waals surface area contributed by atoms with E-state index >= 15 is 0 Å². The van der Waals surface area contributed by atoms with Crippen molar-refractivity contribution in [2.45, 2.75) is 50.8 Å². The summed E-state index contributed by atoms with van der Waals surface area (Å²) in [6.45, 7) is 6.58. The molecular formula is C12H24N2O2S. The lowest BCUT2D eigenvalue weighted by molar-refractivity contribution is 0.214. The fourth-order valence-electron chi connectivity index (χ4n) is 2.89. The highest BCUT2D eigenvalue weighted by atomic mass is 32.2. The van der Waals surface area contributed by atoms with Crippen LogP contribution < -0.4 is 5.32 Å². The Balaban J connectivity index is 2.12. The van der Waals surface area contributed by atoms with Crippen LogP contribution in [0.25, 0.3) is 0 Å². The molecule has 0 saturated carbocycles. The normalized spacial score (nSPS) is 33.8. The molecule has 2 atom stereocenters. The van der Waals surface area contributed by atoms with Crippen molar-refractivity contribution in [3.8, 4) is 0 Å². The summed E-state index contributed by atoms with van der Waals surface area (Å²) < 4.78 is 27.0. The molecule has 0 amide bonds. The lowest BCUT2D eigenvalue weighted by Gasteiger charge is -2.38. The van der Waals surface area contributed by atoms with E-state index in [0.29, 0.717) is 12.5 Å². The second kappa shape index (κ2) is 5.24. The monoisotopic (exact) mass is 260 g/mol. The second-order valence-electron chi connectivity index (χ2n) is 5.60. The van der Waals surface area contributed by atoms with Crippen LogP contribution >= 0.6 is 0 Å². The maximum absolute atomic E-state index is 12.6. The number of hydrogen-bond acceptors (Lipinski definition) is 3. The molecule has 0 aromatic heterocycles. The fourth-order valence-corrected chi connectivity index (χ4v) is 5.17. The van der Waals surface area contributed by atoms with Crippen LogP contribution in [0.2, 0.25) is 0 Å². The number of piperidine rings is 2. The molecule has 4 nitrogen and oxygen atoms in total. The molecule has 2 rings (SSSR count). The molecule has 2 aliphatic rings. The van der Waals surface area contributed by atoms with Gasteiger partial charge in [0.2, 0.25) is 10.0 Å². The van der Waals surface area contributed by atoms with Crippen molar-refractivity contribution in [2.75, 3.05) is 19.6 Å². The Hall–Kier alpha value is -0.130. The van der Waals surface area contributed by atoms with E-state index in [-0.39, 0.29) is 11.3 Å². The van der Waals surface area contributed by atoms with Crippen molar-refractivity contribution < 1.29 is 8.42 Å². The van der Waals surface area contributed by atoms with Gasteiger partial charge in [0.05, 0.1) is 5.25 Å². The summed E-state index contributed by atoms with van der Waals surface area (Å²) in [6.07, 6.45) is 3.69. The van der Waals surface area contributed by atoms with Crippen molar-refractivity contribution >= 4 is 10.0 Å². The fraction of sp³-hybridized carbons (Fsp3) is 1.00. The van der Waals surface area contributed by atoms with Crippen LogP contribution in [0.3, 0.4) is 0 Å². The summed E-state index contributed by atoms with van der Waals surface area (Å²) >= 11 is 0. The number of nitrogens with zero attached hydrogens (tertiary/aromatic N) is 1. The van der Waals surface area contributed by atoms with Crippen LogP contribution in [0.15, 0.2) is 0 Å². The molecule has 1 N–H and O–H groups in total. The van der Waals surface area contributed by atoms with Gasteiger partial charge in [-0.1, -0.05) is 6.92 Å². The topological polar surface area (TPSA) is 49.4 Å². The lowest BCUT2D eigenvalue weighted by atomic mass is 9.97. The molecule has 0 bridgehead atoms. The quantitative estimate of drug-likeness (QED) is 0.811. The maximum Gasteiger partial charge on any atom is 0.217 e. The Bertz CT molecular complexity index is 350. The second-order valence-corrected chi connectivity index (χ2v) is 7.76. The average Bonchev–Trinajstić information content (AvgIpc) is 2.33. The van der Waals surface area contributed by atoms with Gasteiger partial charge in [0.1, 0.15) is 0 Å². The summed E-state index contributed by atoms with van der Waals surface area (Å²) in [5.41, 5.74) is 0. The minimum Gasteiger partial charge on any atom is -0.317 e. The predicted octanol–water partition coefficient (Wildman–Crippen LogP) is 1.19. The number of nitrogens with one attached hydrogen (secondary N) is 1. The van der Waals surface area contributed by atoms with Crippen LogP contribution in [-0.4, -0.2) is 43.6 Å². The van der Waals surface area contributed by atoms with E-state index in [9.17, 15) is 8.42 Å². The molecule has 2 aliphatic heterocycles. The van der Waals surface area contributed by atoms with Crippen molar-refractivity contribution in [2.24, 2.45) is 5.92 Å². The van der Waals surface area contributed by atoms with E-state index in [1.807, 2.05) is 6.92 Å². The Morgan fingerprint density at radius 2 is 1.71 bits per heavy atom. The first-order valence-corrected chi connectivity index (χ1v) is 8.23. The third-order valence-electron chi connectivity index (χ3n) is 4.09. The molecule has 2 saturated heterocycles. The van der Waals surface area contributed by atoms with Gasteiger partial charge in [-0.2, -0.15) is 4.31 Å². The number of hydrogen-bond donors (Lipinski definition) is 1. The van der Waals surface area contributed by atoms with Gasteiger partial charge in [0, 0.05) is 12.6 Å². The largest absolute Gasteiger partial charge is 0.317 e. The van der Waals surface area contributed by atoms with Gasteiger partial charge in [-0.3, -0.25) is 0 Å². The first-order valence-electron chi connectivity index (χ1n) is 6.73. The highest BCUT2D eigenvalue weighted by molar-refractivity contribution is 7.89. The van der Waals surface area contributed by atoms with Gasteiger partial charge >= 0.3 is 0 Å². The first kappa shape index (κ1) is 13.3. The van der Waals surface area contributed by atoms with E-state index in [4.69, 9.17) is 0 Å². The van der Waals surface area contributed by atoms with E-state index in [0.717, 1.165) is 38.8 Å². The van der Waals surface area contributed by atoms with Crippen LogP contribution in [0, 0.1) is 5.92 Å². The van der Waals surface area contributed by atoms with Crippen molar-refractivity contribution in [3.05, 3.63) is 0 Å². The van der Waals surface area contributed by atoms with Crippen LogP contribution in [0.4, 0.5) is 0 Å². The summed E-state index contributed by atoms with van der Waals surface area (Å²) in [5.74, 6) is 0.502. The summed E-state index contributed by atoms with van der Waals surface area (Å²) in [4.78, 5) is 0. The first-order chi connectivity index (χ1) is 8.01. The molecule has 0 spiro atoms. The molecule has 2 fully saturated rings. The summed E-state index contributed by atoms with van der Waals surface area (Å²) in [5, 5.41) is 3.07. The molecule has 0 aliphatic carbocycles. The summed E-state index contributed by atoms with van der Waals surface area (Å²) in [7, 11) is -3.07. The van der Waals surface area contributed by atoms with Gasteiger partial charge in [-0.05, 0) is 51.6 Å². The average molecular weight is 260 g/mol. The summed E-state index contributed by atoms with van der Waals surface area (Å²) in [6, 6.07) is 0.186. The number of rotatable bonds is 2. The molecule has 0 radical (unpaired) electrons. The van der Waals surface area contributed by atoms with Gasteiger partial charge in [-0.25, -0.2) is 8.42 Å². The maximum atomic E-state index is 12.6. The Morgan fingerprint density at radius 1 is 1.06 bits per heavy atom.